The molecule has 4 aromatic rings. The van der Waals surface area contributed by atoms with E-state index in [4.69, 9.17) is 0 Å². The Morgan fingerprint density at radius 1 is 0.808 bits per heavy atom. The quantitative estimate of drug-likeness (QED) is 0.307. The number of nitrogens with zero attached hydrogens (tertiary/aromatic N) is 4. The summed E-state index contributed by atoms with van der Waals surface area (Å²) in [5.74, 6) is -0.642. The lowest BCUT2D eigenvalue weighted by atomic mass is 10.1. The van der Waals surface area contributed by atoms with Crippen molar-refractivity contribution in [1.82, 2.24) is 10.2 Å². The number of aromatic nitrogens is 4. The molecular formula is C16H12N6O4. The van der Waals surface area contributed by atoms with E-state index in [0.717, 1.165) is 0 Å². The molecule has 0 bridgehead atoms. The Morgan fingerprint density at radius 2 is 1.19 bits per heavy atom. The van der Waals surface area contributed by atoms with Crippen LogP contribution in [0.1, 0.15) is 13.8 Å². The number of hydrogen-bond donors (Lipinski definition) is 2. The summed E-state index contributed by atoms with van der Waals surface area (Å²) in [5, 5.41) is 38.8. The molecule has 0 aliphatic carbocycles. The maximum atomic E-state index is 12.4. The molecule has 10 heteroatoms. The van der Waals surface area contributed by atoms with Crippen LogP contribution in [0.2, 0.25) is 0 Å². The van der Waals surface area contributed by atoms with Crippen LogP contribution in [0.4, 0.5) is 11.4 Å². The molecule has 0 unspecified atom stereocenters. The van der Waals surface area contributed by atoms with Gasteiger partial charge in [0.2, 0.25) is 11.8 Å². The molecule has 0 atom stereocenters. The van der Waals surface area contributed by atoms with Crippen molar-refractivity contribution in [2.45, 2.75) is 13.8 Å². The number of anilines is 2. The molecule has 0 saturated heterocycles. The Hall–Kier alpha value is -3.82. The third kappa shape index (κ3) is 2.35. The molecule has 4 rings (SSSR count). The first-order valence-electron chi connectivity index (χ1n) is 7.63. The van der Waals surface area contributed by atoms with E-state index in [-0.39, 0.29) is 33.9 Å². The predicted molar refractivity (Wildman–Crippen MR) is 92.3 cm³/mol. The van der Waals surface area contributed by atoms with E-state index in [9.17, 15) is 20.0 Å². The van der Waals surface area contributed by atoms with Gasteiger partial charge in [0.15, 0.2) is 0 Å². The second-order valence-corrected chi connectivity index (χ2v) is 5.89. The molecule has 26 heavy (non-hydrogen) atoms. The number of hydrogen-bond acceptors (Lipinski definition) is 6. The van der Waals surface area contributed by atoms with Crippen molar-refractivity contribution < 1.29 is 19.3 Å². The fourth-order valence-corrected chi connectivity index (χ4v) is 3.05. The van der Waals surface area contributed by atoms with E-state index in [0.29, 0.717) is 31.8 Å². The van der Waals surface area contributed by atoms with Gasteiger partial charge in [-0.1, -0.05) is 0 Å². The van der Waals surface area contributed by atoms with Crippen LogP contribution in [0.15, 0.2) is 24.3 Å². The van der Waals surface area contributed by atoms with Gasteiger partial charge in [-0.15, -0.1) is 0 Å². The average molecular weight is 352 g/mol. The van der Waals surface area contributed by atoms with Crippen LogP contribution in [-0.2, 0) is 9.59 Å². The molecule has 2 heterocycles. The van der Waals surface area contributed by atoms with Gasteiger partial charge in [0.25, 0.3) is 11.0 Å². The van der Waals surface area contributed by atoms with Crippen molar-refractivity contribution in [2.75, 3.05) is 10.6 Å². The van der Waals surface area contributed by atoms with Gasteiger partial charge in [-0.3, -0.25) is 9.59 Å². The highest BCUT2D eigenvalue weighted by atomic mass is 16.5. The second-order valence-electron chi connectivity index (χ2n) is 5.89. The third-order valence-corrected chi connectivity index (χ3v) is 3.89. The molecule has 10 nitrogen and oxygen atoms in total. The van der Waals surface area contributed by atoms with E-state index in [1.165, 1.54) is 38.1 Å². The Bertz CT molecular complexity index is 1130. The van der Waals surface area contributed by atoms with E-state index in [1.807, 2.05) is 0 Å². The monoisotopic (exact) mass is 352 g/mol. The Morgan fingerprint density at radius 3 is 1.54 bits per heavy atom. The number of nitrogens with one attached hydrogen (secondary N) is 2. The highest BCUT2D eigenvalue weighted by Gasteiger charge is 2.25. The molecule has 0 spiro atoms. The molecule has 2 N–H and O–H groups in total. The summed E-state index contributed by atoms with van der Waals surface area (Å²) in [6, 6.07) is 5.97. The van der Waals surface area contributed by atoms with Crippen molar-refractivity contribution in [3.8, 4) is 0 Å². The van der Waals surface area contributed by atoms with Gasteiger partial charge in [0, 0.05) is 47.6 Å². The van der Waals surface area contributed by atoms with E-state index < -0.39 is 0 Å². The molecule has 130 valence electrons. The molecule has 0 saturated carbocycles. The van der Waals surface area contributed by atoms with Crippen LogP contribution in [-0.4, -0.2) is 22.0 Å². The van der Waals surface area contributed by atoms with Gasteiger partial charge in [-0.05, 0) is 21.8 Å². The van der Waals surface area contributed by atoms with Crippen LogP contribution in [0.5, 0.6) is 0 Å². The van der Waals surface area contributed by atoms with Gasteiger partial charge in [-0.25, -0.2) is 0 Å². The second kappa shape index (κ2) is 5.34. The average Bonchev–Trinajstić information content (AvgIpc) is 2.52. The molecule has 2 aromatic carbocycles. The van der Waals surface area contributed by atoms with Gasteiger partial charge in [0.1, 0.15) is 11.0 Å². The molecule has 0 fully saturated rings. The number of benzene rings is 2. The molecule has 0 aliphatic heterocycles. The molecule has 0 radical (unpaired) electrons. The normalized spacial score (nSPS) is 11.3. The van der Waals surface area contributed by atoms with E-state index in [2.05, 4.69) is 20.8 Å². The zero-order valence-electron chi connectivity index (χ0n) is 13.7. The highest BCUT2D eigenvalue weighted by Crippen LogP contribution is 2.32. The number of carbonyl (C=O) groups is 2. The fraction of sp³-hybridized carbons (Fsp3) is 0.125. The molecule has 2 amide bonds. The standard InChI is InChI=1S/C16H12N6O4/c1-7(23)17-9-3-11-15-13(5-9)21(25)20-12-4-10(18-8(2)24)6-14(16(12)15)22(26)19-11/h3-6H,1-2H3,(H,17,23)(H,18,24). The zero-order chi connectivity index (χ0) is 18.6. The summed E-state index contributed by atoms with van der Waals surface area (Å²) >= 11 is 0. The first-order valence-corrected chi connectivity index (χ1v) is 7.63. The lowest BCUT2D eigenvalue weighted by molar-refractivity contribution is -0.642. The highest BCUT2D eigenvalue weighted by molar-refractivity contribution is 6.18. The Balaban J connectivity index is 2.13. The van der Waals surface area contributed by atoms with Crippen LogP contribution >= 0.6 is 0 Å². The fourth-order valence-electron chi connectivity index (χ4n) is 3.05. The summed E-state index contributed by atoms with van der Waals surface area (Å²) < 4.78 is 0. The minimum atomic E-state index is -0.321. The summed E-state index contributed by atoms with van der Waals surface area (Å²) in [7, 11) is 0. The predicted octanol–water partition coefficient (Wildman–Crippen LogP) is 0.558. The summed E-state index contributed by atoms with van der Waals surface area (Å²) in [4.78, 5) is 23.4. The van der Waals surface area contributed by atoms with Gasteiger partial charge < -0.3 is 21.0 Å². The molecule has 2 aromatic heterocycles. The van der Waals surface area contributed by atoms with Crippen molar-refractivity contribution in [1.29, 1.82) is 0 Å². The first-order chi connectivity index (χ1) is 12.3. The topological polar surface area (TPSA) is 138 Å². The maximum absolute atomic E-state index is 12.4. The Labute approximate surface area is 145 Å². The zero-order valence-corrected chi connectivity index (χ0v) is 13.7. The van der Waals surface area contributed by atoms with E-state index >= 15 is 0 Å². The van der Waals surface area contributed by atoms with E-state index in [1.54, 1.807) is 0 Å². The van der Waals surface area contributed by atoms with Crippen LogP contribution in [0.25, 0.3) is 32.8 Å². The van der Waals surface area contributed by atoms with Gasteiger partial charge in [-0.2, -0.15) is 0 Å². The minimum absolute atomic E-state index is 0.170. The lowest BCUT2D eigenvalue weighted by Crippen LogP contribution is -2.36. The summed E-state index contributed by atoms with van der Waals surface area (Å²) in [6.45, 7) is 2.66. The molecule has 0 aliphatic rings. The minimum Gasteiger partial charge on any atom is -0.594 e. The Kier molecular flexibility index (Phi) is 3.22. The summed E-state index contributed by atoms with van der Waals surface area (Å²) in [6.07, 6.45) is 0. The van der Waals surface area contributed by atoms with Crippen molar-refractivity contribution in [2.24, 2.45) is 0 Å². The first kappa shape index (κ1) is 15.7. The SMILES string of the molecule is CC(=O)Nc1cc2n[n+]([O-])c3cc(NC(C)=O)cc4n[n+]([O-])c(c1)c2c43. The van der Waals surface area contributed by atoms with Crippen molar-refractivity contribution >= 4 is 56.0 Å². The maximum Gasteiger partial charge on any atom is 0.257 e. The van der Waals surface area contributed by atoms with Crippen LogP contribution in [0, 0.1) is 10.4 Å². The van der Waals surface area contributed by atoms with Crippen molar-refractivity contribution in [3.05, 3.63) is 34.7 Å². The third-order valence-electron chi connectivity index (χ3n) is 3.89. The number of rotatable bonds is 2. The molecular weight excluding hydrogens is 340 g/mol. The number of amides is 2. The smallest absolute Gasteiger partial charge is 0.257 e. The van der Waals surface area contributed by atoms with Gasteiger partial charge in [0.05, 0.1) is 10.8 Å². The van der Waals surface area contributed by atoms with Crippen LogP contribution < -0.4 is 20.3 Å². The van der Waals surface area contributed by atoms with Crippen LogP contribution in [0.3, 0.4) is 0 Å². The largest absolute Gasteiger partial charge is 0.594 e. The number of carbonyl (C=O) groups excluding carboxylic acids is 2. The lowest BCUT2D eigenvalue weighted by Gasteiger charge is -2.11. The summed E-state index contributed by atoms with van der Waals surface area (Å²) in [5.41, 5.74) is 1.51. The van der Waals surface area contributed by atoms with Crippen molar-refractivity contribution in [3.63, 3.8) is 0 Å². The van der Waals surface area contributed by atoms with Gasteiger partial charge >= 0.3 is 0 Å².